The van der Waals surface area contributed by atoms with Crippen molar-refractivity contribution in [3.63, 3.8) is 0 Å². The van der Waals surface area contributed by atoms with E-state index in [0.29, 0.717) is 41.7 Å². The van der Waals surface area contributed by atoms with Gasteiger partial charge in [-0.25, -0.2) is 0 Å². The first-order chi connectivity index (χ1) is 19.7. The molecule has 2 heterocycles. The molecule has 0 aromatic rings. The lowest BCUT2D eigenvalue weighted by atomic mass is 9.44. The predicted molar refractivity (Wildman–Crippen MR) is 161 cm³/mol. The van der Waals surface area contributed by atoms with E-state index in [9.17, 15) is 9.59 Å². The Bertz CT molecular complexity index is 944. The van der Waals surface area contributed by atoms with E-state index in [4.69, 9.17) is 9.47 Å². The van der Waals surface area contributed by atoms with E-state index in [1.165, 1.54) is 77.0 Å². The summed E-state index contributed by atoms with van der Waals surface area (Å²) in [7, 11) is 0. The fraction of sp³-hybridized carbons (Fsp3) is 0.943. The lowest BCUT2D eigenvalue weighted by Gasteiger charge is -2.62. The molecule has 6 aliphatic rings. The van der Waals surface area contributed by atoms with Crippen molar-refractivity contribution in [1.29, 1.82) is 0 Å². The van der Waals surface area contributed by atoms with Gasteiger partial charge in [-0.15, -0.1) is 0 Å². The van der Waals surface area contributed by atoms with Gasteiger partial charge in [-0.05, 0) is 132 Å². The minimum Gasteiger partial charge on any atom is -0.461 e. The van der Waals surface area contributed by atoms with E-state index in [2.05, 4.69) is 30.6 Å². The molecule has 0 amide bonds. The van der Waals surface area contributed by atoms with Crippen LogP contribution in [0.5, 0.6) is 0 Å². The van der Waals surface area contributed by atoms with Crippen molar-refractivity contribution in [3.8, 4) is 0 Å². The van der Waals surface area contributed by atoms with Crippen LogP contribution in [0.25, 0.3) is 0 Å². The number of rotatable bonds is 6. The normalized spacial score (nSPS) is 45.3. The Kier molecular flexibility index (Phi) is 8.82. The van der Waals surface area contributed by atoms with E-state index >= 15 is 0 Å². The molecule has 0 spiro atoms. The summed E-state index contributed by atoms with van der Waals surface area (Å²) in [5.41, 5.74) is 0.373. The highest BCUT2D eigenvalue weighted by Gasteiger charge is 2.65. The molecule has 2 saturated heterocycles. The largest absolute Gasteiger partial charge is 0.461 e. The summed E-state index contributed by atoms with van der Waals surface area (Å²) in [4.78, 5) is 30.6. The molecule has 6 nitrogen and oxygen atoms in total. The summed E-state index contributed by atoms with van der Waals surface area (Å²) < 4.78 is 12.6. The molecule has 0 N–H and O–H groups in total. The molecule has 6 rings (SSSR count). The first-order valence-corrected chi connectivity index (χ1v) is 17.6. The molecular weight excluding hydrogens is 512 g/mol. The third-order valence-corrected chi connectivity index (χ3v) is 13.3. The second-order valence-corrected chi connectivity index (χ2v) is 15.5. The molecule has 41 heavy (non-hydrogen) atoms. The zero-order chi connectivity index (χ0) is 28.8. The van der Waals surface area contributed by atoms with E-state index in [0.717, 1.165) is 44.9 Å². The maximum absolute atomic E-state index is 13.0. The second kappa shape index (κ2) is 12.1. The van der Waals surface area contributed by atoms with Crippen LogP contribution in [0.3, 0.4) is 0 Å². The van der Waals surface area contributed by atoms with Gasteiger partial charge in [0.05, 0.1) is 0 Å². The quantitative estimate of drug-likeness (QED) is 0.335. The summed E-state index contributed by atoms with van der Waals surface area (Å²) in [5.74, 6) is 2.61. The molecule has 5 unspecified atom stereocenters. The van der Waals surface area contributed by atoms with E-state index in [1.54, 1.807) is 6.92 Å². The molecule has 2 aliphatic heterocycles. The minimum absolute atomic E-state index is 0.0207. The number of fused-ring (bicyclic) bond motifs is 5. The van der Waals surface area contributed by atoms with Crippen LogP contribution in [0.1, 0.15) is 124 Å². The lowest BCUT2D eigenvalue weighted by Crippen LogP contribution is -2.61. The molecular formula is C35H58N2O4. The van der Waals surface area contributed by atoms with Gasteiger partial charge in [-0.1, -0.05) is 33.6 Å². The van der Waals surface area contributed by atoms with Gasteiger partial charge in [0.25, 0.3) is 0 Å². The van der Waals surface area contributed by atoms with Crippen molar-refractivity contribution < 1.29 is 19.1 Å². The van der Waals surface area contributed by atoms with Gasteiger partial charge in [-0.2, -0.15) is 0 Å². The summed E-state index contributed by atoms with van der Waals surface area (Å²) in [6, 6.07) is 0.746. The fourth-order valence-electron chi connectivity index (χ4n) is 11.4. The third-order valence-electron chi connectivity index (χ3n) is 13.3. The molecule has 4 aliphatic carbocycles. The van der Waals surface area contributed by atoms with Crippen LogP contribution in [0.4, 0.5) is 0 Å². The number of carbonyl (C=O) groups excluding carboxylic acids is 2. The van der Waals surface area contributed by atoms with Crippen LogP contribution in [0.15, 0.2) is 0 Å². The number of likely N-dealkylation sites (tertiary alicyclic amines) is 2. The van der Waals surface area contributed by atoms with E-state index < -0.39 is 0 Å². The maximum Gasteiger partial charge on any atom is 0.306 e. The van der Waals surface area contributed by atoms with Crippen LogP contribution in [-0.4, -0.2) is 72.2 Å². The summed E-state index contributed by atoms with van der Waals surface area (Å²) in [5, 5.41) is 0. The molecule has 232 valence electrons. The maximum atomic E-state index is 13.0. The summed E-state index contributed by atoms with van der Waals surface area (Å²) in [6.07, 6.45) is 17.6. The Balaban J connectivity index is 1.27. The molecule has 0 radical (unpaired) electrons. The Labute approximate surface area is 249 Å². The van der Waals surface area contributed by atoms with Crippen molar-refractivity contribution >= 4 is 11.9 Å². The standard InChI is InChI=1S/C35H58N2O4/c1-5-12-32(39)41-33-29(36-17-8-6-9-18-36)22-28-26-14-13-25-21-31(40-24(2)38)30(37-19-10-7-11-20-37)23-35(25,4)27(26)15-16-34(28,33)3/h25-31,33H,5-23H2,1-4H3/t25?,26-,27-,28+,29?,30?,31?,33?,34+,35+/m1/s1. The number of piperidine rings is 2. The van der Waals surface area contributed by atoms with Gasteiger partial charge < -0.3 is 9.47 Å². The fourth-order valence-corrected chi connectivity index (χ4v) is 11.4. The molecule has 0 aromatic heterocycles. The average molecular weight is 571 g/mol. The third kappa shape index (κ3) is 5.51. The molecule has 0 bridgehead atoms. The summed E-state index contributed by atoms with van der Waals surface area (Å²) in [6.45, 7) is 13.5. The van der Waals surface area contributed by atoms with Crippen LogP contribution < -0.4 is 0 Å². The minimum atomic E-state index is -0.110. The highest BCUT2D eigenvalue weighted by atomic mass is 16.5. The number of hydrogen-bond acceptors (Lipinski definition) is 6. The van der Waals surface area contributed by atoms with Crippen LogP contribution >= 0.6 is 0 Å². The number of hydrogen-bond donors (Lipinski definition) is 0. The smallest absolute Gasteiger partial charge is 0.306 e. The van der Waals surface area contributed by atoms with Crippen LogP contribution in [0.2, 0.25) is 0 Å². The van der Waals surface area contributed by atoms with Crippen molar-refractivity contribution in [1.82, 2.24) is 9.80 Å². The highest BCUT2D eigenvalue weighted by Crippen LogP contribution is 2.67. The van der Waals surface area contributed by atoms with Crippen molar-refractivity contribution in [3.05, 3.63) is 0 Å². The summed E-state index contributed by atoms with van der Waals surface area (Å²) >= 11 is 0. The number of carbonyl (C=O) groups is 2. The zero-order valence-corrected chi connectivity index (χ0v) is 26.6. The van der Waals surface area contributed by atoms with E-state index in [-0.39, 0.29) is 29.6 Å². The molecule has 4 saturated carbocycles. The first kappa shape index (κ1) is 29.9. The number of nitrogens with zero attached hydrogens (tertiary/aromatic N) is 2. The molecule has 6 heteroatoms. The van der Waals surface area contributed by atoms with Gasteiger partial charge in [0.15, 0.2) is 0 Å². The Morgan fingerprint density at radius 1 is 0.780 bits per heavy atom. The van der Waals surface area contributed by atoms with Gasteiger partial charge in [-0.3, -0.25) is 19.4 Å². The Hall–Kier alpha value is -1.14. The monoisotopic (exact) mass is 570 g/mol. The van der Waals surface area contributed by atoms with Crippen LogP contribution in [-0.2, 0) is 19.1 Å². The average Bonchev–Trinajstić information content (AvgIpc) is 3.26. The Morgan fingerprint density at radius 3 is 2.07 bits per heavy atom. The van der Waals surface area contributed by atoms with Crippen LogP contribution in [0, 0.1) is 34.5 Å². The van der Waals surface area contributed by atoms with Gasteiger partial charge in [0.2, 0.25) is 0 Å². The zero-order valence-electron chi connectivity index (χ0n) is 26.6. The van der Waals surface area contributed by atoms with Crippen molar-refractivity contribution in [2.75, 3.05) is 26.2 Å². The highest BCUT2D eigenvalue weighted by molar-refractivity contribution is 5.69. The van der Waals surface area contributed by atoms with Crippen molar-refractivity contribution in [2.45, 2.75) is 148 Å². The van der Waals surface area contributed by atoms with Crippen molar-refractivity contribution in [2.24, 2.45) is 34.5 Å². The Morgan fingerprint density at radius 2 is 1.44 bits per heavy atom. The first-order valence-electron chi connectivity index (χ1n) is 17.6. The van der Waals surface area contributed by atoms with Gasteiger partial charge >= 0.3 is 11.9 Å². The second-order valence-electron chi connectivity index (χ2n) is 15.5. The SMILES string of the molecule is CCCC(=O)OC1C(N2CCCCC2)C[C@H]2[C@@H]3CCC4CC(OC(C)=O)C(N5CCCCC5)C[C@]4(C)[C@@H]3CC[C@]12C. The number of ether oxygens (including phenoxy) is 2. The molecule has 0 aromatic carbocycles. The molecule has 10 atom stereocenters. The van der Waals surface area contributed by atoms with Gasteiger partial charge in [0, 0.05) is 30.8 Å². The van der Waals surface area contributed by atoms with Gasteiger partial charge in [0.1, 0.15) is 12.2 Å². The topological polar surface area (TPSA) is 59.1 Å². The lowest BCUT2D eigenvalue weighted by molar-refractivity contribution is -0.180. The van der Waals surface area contributed by atoms with E-state index in [1.807, 2.05) is 0 Å². The predicted octanol–water partition coefficient (Wildman–Crippen LogP) is 6.60. The number of esters is 2. The molecule has 6 fully saturated rings.